The Balaban J connectivity index is 0.000000596. The van der Waals surface area contributed by atoms with E-state index in [0.717, 1.165) is 18.1 Å². The fourth-order valence-electron chi connectivity index (χ4n) is 2.15. The van der Waals surface area contributed by atoms with E-state index >= 15 is 0 Å². The molecule has 3 aromatic rings. The second kappa shape index (κ2) is 8.32. The fourth-order valence-corrected chi connectivity index (χ4v) is 2.15. The number of rotatable bonds is 3. The molecule has 0 aliphatic carbocycles. The molecule has 2 heterocycles. The van der Waals surface area contributed by atoms with E-state index in [4.69, 9.17) is 0 Å². The zero-order valence-electron chi connectivity index (χ0n) is 15.5. The molecule has 3 rings (SSSR count). The van der Waals surface area contributed by atoms with E-state index in [1.807, 2.05) is 0 Å². The average Bonchev–Trinajstić information content (AvgIpc) is 2.99. The predicted molar refractivity (Wildman–Crippen MR) is 94.8 cm³/mol. The van der Waals surface area contributed by atoms with Crippen LogP contribution < -0.4 is 5.32 Å². The molecule has 0 fully saturated rings. The topological polar surface area (TPSA) is 55.1 Å². The highest BCUT2D eigenvalue weighted by atomic mass is 19.4. The summed E-state index contributed by atoms with van der Waals surface area (Å²) in [6.07, 6.45) is -3.37. The number of hydrogen-bond acceptors (Lipinski definition) is 4. The molecule has 27 heavy (non-hydrogen) atoms. The highest BCUT2D eigenvalue weighted by Crippen LogP contribution is 2.31. The van der Waals surface area contributed by atoms with Crippen molar-refractivity contribution in [2.45, 2.75) is 40.4 Å². The molecule has 0 unspecified atom stereocenters. The van der Waals surface area contributed by atoms with Gasteiger partial charge in [0, 0.05) is 18.3 Å². The molecular formula is C18H21F4N5. The minimum atomic E-state index is -4.70. The van der Waals surface area contributed by atoms with Crippen LogP contribution in [0.25, 0.3) is 5.78 Å². The van der Waals surface area contributed by atoms with Crippen LogP contribution in [0, 0.1) is 18.7 Å². The smallest absolute Gasteiger partial charge is 0.366 e. The Hall–Kier alpha value is -2.71. The molecule has 2 aromatic heterocycles. The maximum Gasteiger partial charge on any atom is 0.419 e. The molecule has 5 nitrogen and oxygen atoms in total. The zero-order valence-corrected chi connectivity index (χ0v) is 15.5. The van der Waals surface area contributed by atoms with Crippen molar-refractivity contribution in [1.29, 1.82) is 0 Å². The molecule has 0 aliphatic rings. The minimum Gasteiger partial charge on any atom is -0.366 e. The van der Waals surface area contributed by atoms with E-state index in [9.17, 15) is 17.6 Å². The molecule has 0 saturated carbocycles. The molecule has 9 heteroatoms. The van der Waals surface area contributed by atoms with Gasteiger partial charge in [-0.15, -0.1) is 0 Å². The van der Waals surface area contributed by atoms with Crippen LogP contribution in [0.1, 0.15) is 37.6 Å². The van der Waals surface area contributed by atoms with Gasteiger partial charge >= 0.3 is 6.18 Å². The summed E-state index contributed by atoms with van der Waals surface area (Å²) >= 11 is 0. The summed E-state index contributed by atoms with van der Waals surface area (Å²) in [5.74, 6) is 0.491. The number of aryl methyl sites for hydroxylation is 1. The lowest BCUT2D eigenvalue weighted by atomic mass is 10.1. The molecule has 0 aliphatic heterocycles. The highest BCUT2D eigenvalue weighted by molar-refractivity contribution is 5.45. The normalized spacial score (nSPS) is 11.4. The monoisotopic (exact) mass is 383 g/mol. The van der Waals surface area contributed by atoms with Crippen LogP contribution in [0.2, 0.25) is 0 Å². The first-order valence-electron chi connectivity index (χ1n) is 8.34. The van der Waals surface area contributed by atoms with Crippen molar-refractivity contribution in [2.24, 2.45) is 5.92 Å². The van der Waals surface area contributed by atoms with Gasteiger partial charge in [-0.05, 0) is 30.5 Å². The Labute approximate surface area is 154 Å². The molecule has 1 aromatic carbocycles. The summed E-state index contributed by atoms with van der Waals surface area (Å²) in [6.45, 7) is 8.41. The first-order valence-corrected chi connectivity index (χ1v) is 8.34. The standard InChI is InChI=1S/C14H11F4N5.C4H10/c1-8-4-12(23-13(22-8)20-7-21-23)19-6-9-2-3-10(11(15)5-9)14(16,17)18;1-4(2)3/h2-5,7,19H,6H2,1H3;4H,1-3H3. The van der Waals surface area contributed by atoms with Gasteiger partial charge in [0.05, 0.1) is 5.56 Å². The Bertz CT molecular complexity index is 900. The average molecular weight is 383 g/mol. The van der Waals surface area contributed by atoms with Crippen molar-refractivity contribution in [3.8, 4) is 0 Å². The van der Waals surface area contributed by atoms with Crippen molar-refractivity contribution < 1.29 is 17.6 Å². The van der Waals surface area contributed by atoms with Crippen LogP contribution in [-0.4, -0.2) is 19.6 Å². The quantitative estimate of drug-likeness (QED) is 0.656. The van der Waals surface area contributed by atoms with Gasteiger partial charge in [0.25, 0.3) is 5.78 Å². The molecule has 0 saturated heterocycles. The molecule has 0 amide bonds. The van der Waals surface area contributed by atoms with Crippen LogP contribution in [-0.2, 0) is 12.7 Å². The van der Waals surface area contributed by atoms with E-state index in [2.05, 4.69) is 41.2 Å². The minimum absolute atomic E-state index is 0.132. The van der Waals surface area contributed by atoms with Crippen molar-refractivity contribution in [3.05, 3.63) is 53.2 Å². The van der Waals surface area contributed by atoms with Gasteiger partial charge in [-0.25, -0.2) is 9.37 Å². The number of aromatic nitrogens is 4. The van der Waals surface area contributed by atoms with E-state index in [0.29, 0.717) is 22.9 Å². The predicted octanol–water partition coefficient (Wildman–Crippen LogP) is 4.87. The summed E-state index contributed by atoms with van der Waals surface area (Å²) in [6, 6.07) is 4.53. The van der Waals surface area contributed by atoms with Crippen LogP contribution in [0.15, 0.2) is 30.6 Å². The van der Waals surface area contributed by atoms with Gasteiger partial charge in [0.2, 0.25) is 0 Å². The molecule has 0 bridgehead atoms. The number of halogens is 4. The lowest BCUT2D eigenvalue weighted by Crippen LogP contribution is -2.10. The van der Waals surface area contributed by atoms with Crippen molar-refractivity contribution in [2.75, 3.05) is 5.32 Å². The number of benzene rings is 1. The number of nitrogens with one attached hydrogen (secondary N) is 1. The van der Waals surface area contributed by atoms with Crippen molar-refractivity contribution >= 4 is 11.6 Å². The van der Waals surface area contributed by atoms with Crippen LogP contribution in [0.3, 0.4) is 0 Å². The molecule has 146 valence electrons. The van der Waals surface area contributed by atoms with Crippen LogP contribution in [0.4, 0.5) is 23.4 Å². The molecule has 0 spiro atoms. The maximum absolute atomic E-state index is 13.6. The molecular weight excluding hydrogens is 362 g/mol. The number of nitrogens with zero attached hydrogens (tertiary/aromatic N) is 4. The van der Waals surface area contributed by atoms with Crippen molar-refractivity contribution in [3.63, 3.8) is 0 Å². The third-order valence-electron chi connectivity index (χ3n) is 3.19. The van der Waals surface area contributed by atoms with E-state index in [-0.39, 0.29) is 6.54 Å². The lowest BCUT2D eigenvalue weighted by Gasteiger charge is -2.11. The third kappa shape index (κ3) is 5.63. The van der Waals surface area contributed by atoms with Gasteiger partial charge in [0.15, 0.2) is 0 Å². The third-order valence-corrected chi connectivity index (χ3v) is 3.19. The van der Waals surface area contributed by atoms with Crippen LogP contribution in [0.5, 0.6) is 0 Å². The zero-order chi connectivity index (χ0) is 20.2. The number of anilines is 1. The first kappa shape index (κ1) is 20.6. The van der Waals surface area contributed by atoms with Gasteiger partial charge in [0.1, 0.15) is 18.0 Å². The fraction of sp³-hybridized carbons (Fsp3) is 0.389. The second-order valence-electron chi connectivity index (χ2n) is 6.65. The molecule has 0 radical (unpaired) electrons. The summed E-state index contributed by atoms with van der Waals surface area (Å²) in [5, 5.41) is 6.98. The molecule has 1 N–H and O–H groups in total. The second-order valence-corrected chi connectivity index (χ2v) is 6.65. The maximum atomic E-state index is 13.6. The Morgan fingerprint density at radius 2 is 1.81 bits per heavy atom. The number of fused-ring (bicyclic) bond motifs is 1. The van der Waals surface area contributed by atoms with E-state index in [1.165, 1.54) is 16.9 Å². The van der Waals surface area contributed by atoms with Gasteiger partial charge < -0.3 is 5.32 Å². The summed E-state index contributed by atoms with van der Waals surface area (Å²) < 4.78 is 52.6. The lowest BCUT2D eigenvalue weighted by molar-refractivity contribution is -0.140. The molecule has 0 atom stereocenters. The summed E-state index contributed by atoms with van der Waals surface area (Å²) in [7, 11) is 0. The van der Waals surface area contributed by atoms with Crippen LogP contribution >= 0.6 is 0 Å². The Kier molecular flexibility index (Phi) is 6.35. The summed E-state index contributed by atoms with van der Waals surface area (Å²) in [5.41, 5.74) is -0.204. The number of alkyl halides is 3. The first-order chi connectivity index (χ1) is 12.6. The van der Waals surface area contributed by atoms with Crippen molar-refractivity contribution in [1.82, 2.24) is 19.6 Å². The number of hydrogen-bond donors (Lipinski definition) is 1. The van der Waals surface area contributed by atoms with Gasteiger partial charge in [-0.1, -0.05) is 26.8 Å². The van der Waals surface area contributed by atoms with E-state index in [1.54, 1.807) is 13.0 Å². The van der Waals surface area contributed by atoms with Gasteiger partial charge in [-0.2, -0.15) is 27.8 Å². The Morgan fingerprint density at radius 3 is 2.41 bits per heavy atom. The largest absolute Gasteiger partial charge is 0.419 e. The SMILES string of the molecule is CC(C)C.Cc1cc(NCc2ccc(C(F)(F)F)c(F)c2)n2ncnc2n1. The summed E-state index contributed by atoms with van der Waals surface area (Å²) in [4.78, 5) is 8.13. The van der Waals surface area contributed by atoms with E-state index < -0.39 is 17.6 Å². The highest BCUT2D eigenvalue weighted by Gasteiger charge is 2.33. The Morgan fingerprint density at radius 1 is 1.15 bits per heavy atom. The van der Waals surface area contributed by atoms with Gasteiger partial charge in [-0.3, -0.25) is 0 Å².